The second-order valence-electron chi connectivity index (χ2n) is 5.54. The van der Waals surface area contributed by atoms with Gasteiger partial charge in [0.15, 0.2) is 6.04 Å². The summed E-state index contributed by atoms with van der Waals surface area (Å²) in [6.45, 7) is 2.53. The van der Waals surface area contributed by atoms with Crippen LogP contribution in [0.1, 0.15) is 25.0 Å². The fourth-order valence-electron chi connectivity index (χ4n) is 2.90. The summed E-state index contributed by atoms with van der Waals surface area (Å²) in [5.74, 6) is 3.17. The van der Waals surface area contributed by atoms with Gasteiger partial charge >= 0.3 is 0 Å². The number of amidine groups is 2. The van der Waals surface area contributed by atoms with Gasteiger partial charge in [-0.1, -0.05) is 0 Å². The molecular weight excluding hydrogens is 280 g/mol. The summed E-state index contributed by atoms with van der Waals surface area (Å²) in [7, 11) is 0. The summed E-state index contributed by atoms with van der Waals surface area (Å²) >= 11 is 0. The molecule has 22 heavy (non-hydrogen) atoms. The molecule has 0 radical (unpaired) electrons. The van der Waals surface area contributed by atoms with Crippen LogP contribution in [0.5, 0.6) is 0 Å². The first-order valence-corrected chi connectivity index (χ1v) is 7.67. The number of fused-ring (bicyclic) bond motifs is 1. The van der Waals surface area contributed by atoms with Gasteiger partial charge in [-0.15, -0.1) is 0 Å². The van der Waals surface area contributed by atoms with E-state index in [4.69, 9.17) is 9.41 Å². The maximum Gasteiger partial charge on any atom is 0.225 e. The van der Waals surface area contributed by atoms with Crippen LogP contribution in [-0.2, 0) is 6.54 Å². The highest BCUT2D eigenvalue weighted by Crippen LogP contribution is 2.17. The number of hydrogen-bond donors (Lipinski definition) is 1. The largest absolute Gasteiger partial charge is 0.467 e. The molecule has 0 saturated carbocycles. The Morgan fingerprint density at radius 3 is 3.05 bits per heavy atom. The number of furan rings is 1. The smallest absolute Gasteiger partial charge is 0.225 e. The predicted octanol–water partition coefficient (Wildman–Crippen LogP) is 1.43. The van der Waals surface area contributed by atoms with Crippen LogP contribution in [0.15, 0.2) is 42.8 Å². The molecule has 1 saturated heterocycles. The lowest BCUT2D eigenvalue weighted by Crippen LogP contribution is -2.52. The van der Waals surface area contributed by atoms with Gasteiger partial charge in [-0.2, -0.15) is 4.99 Å². The minimum absolute atomic E-state index is 0.0966. The van der Waals surface area contributed by atoms with Crippen LogP contribution in [0.3, 0.4) is 0 Å². The summed E-state index contributed by atoms with van der Waals surface area (Å²) in [5.41, 5.74) is 0. The normalized spacial score (nSPS) is 25.7. The number of nitrogens with zero attached hydrogens (tertiary/aromatic N) is 5. The van der Waals surface area contributed by atoms with Crippen molar-refractivity contribution < 1.29 is 4.42 Å². The van der Waals surface area contributed by atoms with Gasteiger partial charge in [-0.3, -0.25) is 4.99 Å². The van der Waals surface area contributed by atoms with E-state index in [0.29, 0.717) is 12.5 Å². The van der Waals surface area contributed by atoms with Crippen LogP contribution in [0.4, 0.5) is 0 Å². The number of aliphatic imine (C=N–C) groups is 4. The number of piperidine rings is 1. The Balaban J connectivity index is 1.59. The van der Waals surface area contributed by atoms with Crippen molar-refractivity contribution in [2.75, 3.05) is 13.1 Å². The summed E-state index contributed by atoms with van der Waals surface area (Å²) < 4.78 is 5.31. The van der Waals surface area contributed by atoms with E-state index in [0.717, 1.165) is 30.5 Å². The molecule has 0 bridgehead atoms. The summed E-state index contributed by atoms with van der Waals surface area (Å²) in [4.78, 5) is 20.2. The highest BCUT2D eigenvalue weighted by Gasteiger charge is 2.33. The maximum atomic E-state index is 5.31. The van der Waals surface area contributed by atoms with E-state index < -0.39 is 0 Å². The van der Waals surface area contributed by atoms with Crippen LogP contribution in [0.2, 0.25) is 0 Å². The van der Waals surface area contributed by atoms with Crippen molar-refractivity contribution in [2.45, 2.75) is 31.8 Å². The molecule has 0 spiro atoms. The first kappa shape index (κ1) is 13.2. The zero-order valence-corrected chi connectivity index (χ0v) is 12.3. The van der Waals surface area contributed by atoms with Crippen molar-refractivity contribution in [3.63, 3.8) is 0 Å². The number of rotatable bonds is 2. The van der Waals surface area contributed by atoms with Gasteiger partial charge in [0.25, 0.3) is 0 Å². The molecule has 0 aliphatic carbocycles. The number of likely N-dealkylation sites (tertiary alicyclic amines) is 1. The number of hydrogen-bond acceptors (Lipinski definition) is 5. The van der Waals surface area contributed by atoms with E-state index in [1.54, 1.807) is 12.6 Å². The average molecular weight is 298 g/mol. The van der Waals surface area contributed by atoms with Crippen molar-refractivity contribution in [1.82, 2.24) is 10.2 Å². The van der Waals surface area contributed by atoms with E-state index in [2.05, 4.69) is 25.2 Å². The summed E-state index contributed by atoms with van der Waals surface area (Å²) in [6.07, 6.45) is 6.94. The fraction of sp³-hybridized carbons (Fsp3) is 0.467. The summed E-state index contributed by atoms with van der Waals surface area (Å²) in [6, 6.07) is 3.67. The lowest BCUT2D eigenvalue weighted by atomic mass is 10.1. The third-order valence-electron chi connectivity index (χ3n) is 4.02. The zero-order chi connectivity index (χ0) is 14.8. The molecule has 1 aromatic heterocycles. The second-order valence-corrected chi connectivity index (χ2v) is 5.54. The van der Waals surface area contributed by atoms with Gasteiger partial charge < -0.3 is 14.6 Å². The highest BCUT2D eigenvalue weighted by atomic mass is 16.3. The Morgan fingerprint density at radius 2 is 2.23 bits per heavy atom. The average Bonchev–Trinajstić information content (AvgIpc) is 3.24. The fourth-order valence-corrected chi connectivity index (χ4v) is 2.90. The van der Waals surface area contributed by atoms with E-state index in [1.807, 2.05) is 12.1 Å². The molecule has 1 N–H and O–H groups in total. The molecule has 0 aromatic carbocycles. The molecule has 7 nitrogen and oxygen atoms in total. The van der Waals surface area contributed by atoms with Crippen LogP contribution < -0.4 is 5.32 Å². The highest BCUT2D eigenvalue weighted by molar-refractivity contribution is 6.24. The Bertz CT molecular complexity index is 652. The molecule has 4 heterocycles. The molecule has 1 unspecified atom stereocenters. The quantitative estimate of drug-likeness (QED) is 0.897. The van der Waals surface area contributed by atoms with Gasteiger partial charge in [0.1, 0.15) is 30.3 Å². The van der Waals surface area contributed by atoms with Gasteiger partial charge in [0.05, 0.1) is 6.26 Å². The third-order valence-corrected chi connectivity index (χ3v) is 4.02. The molecule has 0 amide bonds. The molecule has 1 fully saturated rings. The van der Waals surface area contributed by atoms with E-state index in [-0.39, 0.29) is 6.04 Å². The van der Waals surface area contributed by atoms with Crippen LogP contribution in [0, 0.1) is 0 Å². The summed E-state index contributed by atoms with van der Waals surface area (Å²) in [5, 5.41) is 3.17. The Kier molecular flexibility index (Phi) is 3.46. The van der Waals surface area contributed by atoms with Gasteiger partial charge in [0, 0.05) is 13.1 Å². The molecular formula is C15H18N6O. The first-order chi connectivity index (χ1) is 10.9. The first-order valence-electron chi connectivity index (χ1n) is 7.67. The van der Waals surface area contributed by atoms with E-state index in [9.17, 15) is 0 Å². The van der Waals surface area contributed by atoms with Crippen molar-refractivity contribution >= 4 is 24.0 Å². The molecule has 114 valence electrons. The van der Waals surface area contributed by atoms with Gasteiger partial charge in [-0.25, -0.2) is 9.98 Å². The Morgan fingerprint density at radius 1 is 1.32 bits per heavy atom. The van der Waals surface area contributed by atoms with Crippen molar-refractivity contribution in [3.05, 3.63) is 24.2 Å². The zero-order valence-electron chi connectivity index (χ0n) is 12.3. The molecule has 7 heteroatoms. The molecule has 3 aliphatic rings. The number of guanidine groups is 1. The van der Waals surface area contributed by atoms with E-state index >= 15 is 0 Å². The molecule has 1 aromatic rings. The molecule has 4 rings (SSSR count). The standard InChI is InChI=1S/C15H18N6O/c1-2-6-21(7-3-1)14-12-13(18-10-17-12)19-15(20-14)16-9-11-5-4-8-22-11/h4-5,8,10,12H,1-3,6-7,9H2,(H,16,17,18,19). The monoisotopic (exact) mass is 298 g/mol. The van der Waals surface area contributed by atoms with Crippen molar-refractivity contribution in [2.24, 2.45) is 20.0 Å². The third kappa shape index (κ3) is 2.54. The molecule has 3 aliphatic heterocycles. The minimum Gasteiger partial charge on any atom is -0.467 e. The number of nitrogens with one attached hydrogen (secondary N) is 1. The van der Waals surface area contributed by atoms with Crippen molar-refractivity contribution in [3.8, 4) is 0 Å². The van der Waals surface area contributed by atoms with Gasteiger partial charge in [0.2, 0.25) is 5.96 Å². The minimum atomic E-state index is -0.0966. The van der Waals surface area contributed by atoms with Crippen LogP contribution in [-0.4, -0.2) is 48.0 Å². The van der Waals surface area contributed by atoms with E-state index in [1.165, 1.54) is 19.3 Å². The Hall–Kier alpha value is -2.44. The molecule has 1 atom stereocenters. The SMILES string of the molecule is C1=NC2C(=N1)NC(=NCc1ccco1)N=C2N1CCCCC1. The predicted molar refractivity (Wildman–Crippen MR) is 85.6 cm³/mol. The van der Waals surface area contributed by atoms with Crippen molar-refractivity contribution in [1.29, 1.82) is 0 Å². The van der Waals surface area contributed by atoms with Crippen LogP contribution >= 0.6 is 0 Å². The lowest BCUT2D eigenvalue weighted by Gasteiger charge is -2.34. The maximum absolute atomic E-state index is 5.31. The Labute approximate surface area is 128 Å². The second kappa shape index (κ2) is 5.75. The topological polar surface area (TPSA) is 77.8 Å². The lowest BCUT2D eigenvalue weighted by molar-refractivity contribution is 0.336. The van der Waals surface area contributed by atoms with Crippen LogP contribution in [0.25, 0.3) is 0 Å². The van der Waals surface area contributed by atoms with Gasteiger partial charge in [-0.05, 0) is 31.4 Å².